The van der Waals surface area contributed by atoms with E-state index < -0.39 is 0 Å². The molecule has 5 heteroatoms. The third-order valence-electron chi connectivity index (χ3n) is 3.61. The molecule has 0 aromatic heterocycles. The van der Waals surface area contributed by atoms with Crippen LogP contribution in [0.15, 0.2) is 18.2 Å². The van der Waals surface area contributed by atoms with Crippen LogP contribution in [0.4, 0.5) is 5.69 Å². The van der Waals surface area contributed by atoms with Crippen molar-refractivity contribution in [2.45, 2.75) is 25.8 Å². The zero-order valence-corrected chi connectivity index (χ0v) is 11.9. The molecule has 4 nitrogen and oxygen atoms in total. The number of anilines is 1. The number of amides is 1. The molecule has 0 atom stereocenters. The number of carbonyl (C=O) groups excluding carboxylic acids is 1. The van der Waals surface area contributed by atoms with Gasteiger partial charge in [-0.3, -0.25) is 4.79 Å². The van der Waals surface area contributed by atoms with Gasteiger partial charge in [0.1, 0.15) is 0 Å². The van der Waals surface area contributed by atoms with Gasteiger partial charge in [-0.2, -0.15) is 0 Å². The SMILES string of the molecule is CCN1CCC(NC(=O)c2cc(N)ccc2Cl)CC1. The van der Waals surface area contributed by atoms with Gasteiger partial charge in [-0.05, 0) is 37.6 Å². The second kappa shape index (κ2) is 6.26. The Hall–Kier alpha value is -1.26. The van der Waals surface area contributed by atoms with Crippen LogP contribution in [0.5, 0.6) is 0 Å². The van der Waals surface area contributed by atoms with Crippen molar-refractivity contribution in [3.63, 3.8) is 0 Å². The van der Waals surface area contributed by atoms with Crippen molar-refractivity contribution in [1.82, 2.24) is 10.2 Å². The lowest BCUT2D eigenvalue weighted by Crippen LogP contribution is -2.44. The van der Waals surface area contributed by atoms with Gasteiger partial charge < -0.3 is 16.0 Å². The van der Waals surface area contributed by atoms with Crippen LogP contribution in [-0.2, 0) is 0 Å². The van der Waals surface area contributed by atoms with Gasteiger partial charge in [0, 0.05) is 24.8 Å². The van der Waals surface area contributed by atoms with Crippen molar-refractivity contribution in [1.29, 1.82) is 0 Å². The number of piperidine rings is 1. The molecule has 1 amide bonds. The van der Waals surface area contributed by atoms with E-state index >= 15 is 0 Å². The molecule has 0 unspecified atom stereocenters. The summed E-state index contributed by atoms with van der Waals surface area (Å²) in [5.74, 6) is -0.132. The Kier molecular flexibility index (Phi) is 4.66. The molecule has 1 aliphatic rings. The summed E-state index contributed by atoms with van der Waals surface area (Å²) in [4.78, 5) is 14.6. The first-order chi connectivity index (χ1) is 9.10. The molecule has 1 heterocycles. The topological polar surface area (TPSA) is 58.4 Å². The highest BCUT2D eigenvalue weighted by Crippen LogP contribution is 2.19. The molecule has 1 aromatic rings. The van der Waals surface area contributed by atoms with Crippen LogP contribution in [0, 0.1) is 0 Å². The maximum absolute atomic E-state index is 12.2. The van der Waals surface area contributed by atoms with Crippen LogP contribution >= 0.6 is 11.6 Å². The van der Waals surface area contributed by atoms with Crippen molar-refractivity contribution in [2.24, 2.45) is 0 Å². The second-order valence-corrected chi connectivity index (χ2v) is 5.33. The van der Waals surface area contributed by atoms with E-state index in [1.165, 1.54) is 0 Å². The first-order valence-electron chi connectivity index (χ1n) is 6.68. The Morgan fingerprint density at radius 1 is 1.47 bits per heavy atom. The molecule has 0 bridgehead atoms. The average molecular weight is 282 g/mol. The number of carbonyl (C=O) groups is 1. The van der Waals surface area contributed by atoms with Crippen LogP contribution in [-0.4, -0.2) is 36.5 Å². The van der Waals surface area contributed by atoms with Gasteiger partial charge in [-0.1, -0.05) is 18.5 Å². The minimum atomic E-state index is -0.132. The van der Waals surface area contributed by atoms with Crippen LogP contribution in [0.2, 0.25) is 5.02 Å². The molecule has 1 aromatic carbocycles. The number of rotatable bonds is 3. The van der Waals surface area contributed by atoms with Gasteiger partial charge in [0.25, 0.3) is 5.91 Å². The number of likely N-dealkylation sites (tertiary alicyclic amines) is 1. The number of benzene rings is 1. The first kappa shape index (κ1) is 14.2. The van der Waals surface area contributed by atoms with E-state index in [4.69, 9.17) is 17.3 Å². The quantitative estimate of drug-likeness (QED) is 0.835. The predicted molar refractivity (Wildman–Crippen MR) is 78.5 cm³/mol. The lowest BCUT2D eigenvalue weighted by molar-refractivity contribution is 0.0913. The highest BCUT2D eigenvalue weighted by molar-refractivity contribution is 6.34. The molecular weight excluding hydrogens is 262 g/mol. The van der Waals surface area contributed by atoms with Gasteiger partial charge in [0.2, 0.25) is 0 Å². The smallest absolute Gasteiger partial charge is 0.253 e. The second-order valence-electron chi connectivity index (χ2n) is 4.92. The lowest BCUT2D eigenvalue weighted by atomic mass is 10.0. The summed E-state index contributed by atoms with van der Waals surface area (Å²) >= 11 is 6.03. The minimum absolute atomic E-state index is 0.132. The fourth-order valence-electron chi connectivity index (χ4n) is 2.37. The van der Waals surface area contributed by atoms with Gasteiger partial charge in [-0.25, -0.2) is 0 Å². The van der Waals surface area contributed by atoms with Gasteiger partial charge in [0.15, 0.2) is 0 Å². The highest BCUT2D eigenvalue weighted by Gasteiger charge is 2.21. The lowest BCUT2D eigenvalue weighted by Gasteiger charge is -2.31. The Balaban J connectivity index is 1.96. The Morgan fingerprint density at radius 2 is 2.16 bits per heavy atom. The van der Waals surface area contributed by atoms with E-state index in [1.807, 2.05) is 0 Å². The number of hydrogen-bond acceptors (Lipinski definition) is 3. The molecule has 1 fully saturated rings. The average Bonchev–Trinajstić information content (AvgIpc) is 2.42. The third-order valence-corrected chi connectivity index (χ3v) is 3.93. The molecule has 2 rings (SSSR count). The summed E-state index contributed by atoms with van der Waals surface area (Å²) in [5.41, 5.74) is 6.70. The normalized spacial score (nSPS) is 17.4. The molecular formula is C14H20ClN3O. The zero-order chi connectivity index (χ0) is 13.8. The number of hydrogen-bond donors (Lipinski definition) is 2. The van der Waals surface area contributed by atoms with Gasteiger partial charge >= 0.3 is 0 Å². The standard InChI is InChI=1S/C14H20ClN3O/c1-2-18-7-5-11(6-8-18)17-14(19)12-9-10(16)3-4-13(12)15/h3-4,9,11H,2,5-8,16H2,1H3,(H,17,19). The highest BCUT2D eigenvalue weighted by atomic mass is 35.5. The van der Waals surface area contributed by atoms with E-state index in [1.54, 1.807) is 18.2 Å². The molecule has 0 radical (unpaired) electrons. The van der Waals surface area contributed by atoms with Crippen LogP contribution < -0.4 is 11.1 Å². The van der Waals surface area contributed by atoms with E-state index in [2.05, 4.69) is 17.1 Å². The maximum atomic E-state index is 12.2. The molecule has 3 N–H and O–H groups in total. The fourth-order valence-corrected chi connectivity index (χ4v) is 2.58. The van der Waals surface area contributed by atoms with Crippen LogP contribution in [0.25, 0.3) is 0 Å². The number of nitrogens with two attached hydrogens (primary N) is 1. The van der Waals surface area contributed by atoms with Crippen molar-refractivity contribution in [3.05, 3.63) is 28.8 Å². The van der Waals surface area contributed by atoms with E-state index in [0.29, 0.717) is 16.3 Å². The van der Waals surface area contributed by atoms with Crippen molar-refractivity contribution in [3.8, 4) is 0 Å². The van der Waals surface area contributed by atoms with E-state index in [9.17, 15) is 4.79 Å². The molecule has 0 saturated carbocycles. The van der Waals surface area contributed by atoms with Crippen LogP contribution in [0.3, 0.4) is 0 Å². The van der Waals surface area contributed by atoms with Crippen LogP contribution in [0.1, 0.15) is 30.1 Å². The summed E-state index contributed by atoms with van der Waals surface area (Å²) in [5, 5.41) is 3.48. The summed E-state index contributed by atoms with van der Waals surface area (Å²) in [6.45, 7) is 5.30. The Morgan fingerprint density at radius 3 is 2.79 bits per heavy atom. The minimum Gasteiger partial charge on any atom is -0.399 e. The van der Waals surface area contributed by atoms with Crippen molar-refractivity contribution < 1.29 is 4.79 Å². The van der Waals surface area contributed by atoms with Gasteiger partial charge in [-0.15, -0.1) is 0 Å². The molecule has 19 heavy (non-hydrogen) atoms. The summed E-state index contributed by atoms with van der Waals surface area (Å²) in [6, 6.07) is 5.20. The summed E-state index contributed by atoms with van der Waals surface area (Å²) in [6.07, 6.45) is 1.97. The van der Waals surface area contributed by atoms with Crippen molar-refractivity contribution in [2.75, 3.05) is 25.4 Å². The molecule has 104 valence electrons. The fraction of sp³-hybridized carbons (Fsp3) is 0.500. The number of halogens is 1. The number of nitrogens with one attached hydrogen (secondary N) is 1. The monoisotopic (exact) mass is 281 g/mol. The Bertz CT molecular complexity index is 456. The Labute approximate surface area is 118 Å². The summed E-state index contributed by atoms with van der Waals surface area (Å²) in [7, 11) is 0. The molecule has 0 aliphatic carbocycles. The van der Waals surface area contributed by atoms with Crippen molar-refractivity contribution >= 4 is 23.2 Å². The first-order valence-corrected chi connectivity index (χ1v) is 7.06. The molecule has 0 spiro atoms. The number of nitrogen functional groups attached to an aromatic ring is 1. The predicted octanol–water partition coefficient (Wildman–Crippen LogP) is 2.14. The van der Waals surface area contributed by atoms with E-state index in [0.717, 1.165) is 32.5 Å². The van der Waals surface area contributed by atoms with E-state index in [-0.39, 0.29) is 11.9 Å². The molecule has 1 saturated heterocycles. The summed E-state index contributed by atoms with van der Waals surface area (Å²) < 4.78 is 0. The van der Waals surface area contributed by atoms with Gasteiger partial charge in [0.05, 0.1) is 10.6 Å². The maximum Gasteiger partial charge on any atom is 0.253 e. The molecule has 1 aliphatic heterocycles. The largest absolute Gasteiger partial charge is 0.399 e. The zero-order valence-electron chi connectivity index (χ0n) is 11.2. The third kappa shape index (κ3) is 3.61. The number of nitrogens with zero attached hydrogens (tertiary/aromatic N) is 1.